The van der Waals surface area contributed by atoms with Crippen LogP contribution in [-0.4, -0.2) is 5.51 Å². The smallest absolute Gasteiger partial charge is 0.160 e. The molecule has 1 aromatic carbocycles. The van der Waals surface area contributed by atoms with Crippen LogP contribution in [0.25, 0.3) is 6.08 Å². The van der Waals surface area contributed by atoms with Crippen LogP contribution < -0.4 is 0 Å². The predicted molar refractivity (Wildman–Crippen MR) is 72.7 cm³/mol. The molecule has 2 aliphatic rings. The monoisotopic (exact) mass is 336 g/mol. The van der Waals surface area contributed by atoms with Crippen molar-refractivity contribution >= 4 is 29.4 Å². The zero-order valence-electron chi connectivity index (χ0n) is 9.72. The van der Waals surface area contributed by atoms with Gasteiger partial charge in [0.1, 0.15) is 0 Å². The van der Waals surface area contributed by atoms with Gasteiger partial charge < -0.3 is 0 Å². The summed E-state index contributed by atoms with van der Waals surface area (Å²) in [4.78, 5) is 0.984. The summed E-state index contributed by atoms with van der Waals surface area (Å²) in [5.41, 5.74) is -2.48. The van der Waals surface area contributed by atoms with Crippen molar-refractivity contribution in [2.24, 2.45) is 5.92 Å². The van der Waals surface area contributed by atoms with Gasteiger partial charge in [-0.25, -0.2) is 0 Å². The second-order valence-corrected chi connectivity index (χ2v) is 10.2. The Kier molecular flexibility index (Phi) is 2.66. The van der Waals surface area contributed by atoms with E-state index in [9.17, 15) is 13.2 Å². The van der Waals surface area contributed by atoms with Crippen molar-refractivity contribution < 1.29 is 13.2 Å². The lowest BCUT2D eigenvalue weighted by atomic mass is 10.1. The summed E-state index contributed by atoms with van der Waals surface area (Å²) in [6.45, 7) is 1.90. The van der Waals surface area contributed by atoms with Crippen molar-refractivity contribution in [1.82, 2.24) is 0 Å². The van der Waals surface area contributed by atoms with Gasteiger partial charge in [-0.1, -0.05) is 17.7 Å². The molecule has 0 aromatic heterocycles. The van der Waals surface area contributed by atoms with Gasteiger partial charge in [-0.3, -0.25) is 0 Å². The average Bonchev–Trinajstić information content (AvgIpc) is 3.03. The predicted octanol–water partition coefficient (Wildman–Crippen LogP) is 5.75. The Morgan fingerprint density at radius 2 is 1.94 bits per heavy atom. The summed E-state index contributed by atoms with van der Waals surface area (Å²) in [5.74, 6) is 0.119. The minimum atomic E-state index is -4.22. The van der Waals surface area contributed by atoms with E-state index in [-0.39, 0.29) is 5.92 Å². The van der Waals surface area contributed by atoms with E-state index in [1.165, 1.54) is 0 Å². The van der Waals surface area contributed by atoms with Gasteiger partial charge in [0, 0.05) is 4.90 Å². The summed E-state index contributed by atoms with van der Waals surface area (Å²) >= 11 is 3.09. The molecule has 0 nitrogen and oxygen atoms in total. The molecule has 1 atom stereocenters. The van der Waals surface area contributed by atoms with Crippen molar-refractivity contribution in [1.29, 1.82) is 0 Å². The highest BCUT2D eigenvalue weighted by atomic mass is 79.9. The molecule has 0 radical (unpaired) electrons. The minimum Gasteiger partial charge on any atom is -0.160 e. The fraction of sp³-hybridized carbons (Fsp3) is 0.385. The molecule has 1 fully saturated rings. The Hall–Kier alpha value is -0.420. The van der Waals surface area contributed by atoms with E-state index >= 15 is 0 Å². The number of aryl methyl sites for hydroxylation is 1. The largest absolute Gasteiger partial charge is 0.442 e. The number of halogens is 4. The van der Waals surface area contributed by atoms with Crippen LogP contribution in [0.5, 0.6) is 0 Å². The van der Waals surface area contributed by atoms with Gasteiger partial charge in [-0.05, 0) is 71.6 Å². The number of alkyl halides is 3. The van der Waals surface area contributed by atoms with Crippen LogP contribution in [0.1, 0.15) is 24.0 Å². The quantitative estimate of drug-likeness (QED) is 0.612. The van der Waals surface area contributed by atoms with Crippen molar-refractivity contribution in [2.45, 2.75) is 30.2 Å². The Bertz CT molecular complexity index is 546. The number of hydrogen-bond donors (Lipinski definition) is 0. The first-order valence-corrected chi connectivity index (χ1v) is 9.23. The molecule has 18 heavy (non-hydrogen) atoms. The Morgan fingerprint density at radius 1 is 1.28 bits per heavy atom. The van der Waals surface area contributed by atoms with Gasteiger partial charge in [0.15, 0.2) is 0 Å². The molecule has 3 rings (SSSR count). The van der Waals surface area contributed by atoms with E-state index in [1.807, 2.05) is 13.0 Å². The molecule has 0 amide bonds. The minimum absolute atomic E-state index is 0.119. The zero-order chi connectivity index (χ0) is 13.1. The first-order valence-electron chi connectivity index (χ1n) is 5.75. The molecular formula is C13H12BrF3S. The maximum atomic E-state index is 13.5. The van der Waals surface area contributed by atoms with Crippen molar-refractivity contribution in [2.75, 3.05) is 0 Å². The molecular weight excluding hydrogens is 325 g/mol. The summed E-state index contributed by atoms with van der Waals surface area (Å²) in [6, 6.07) is 5.24. The lowest BCUT2D eigenvalue weighted by molar-refractivity contribution is -0.0356. The molecule has 0 bridgehead atoms. The number of allylic oxidation sites excluding steroid dienone is 1. The summed E-state index contributed by atoms with van der Waals surface area (Å²) in [7, 11) is -3.00. The second kappa shape index (κ2) is 3.79. The second-order valence-electron chi connectivity index (χ2n) is 4.85. The summed E-state index contributed by atoms with van der Waals surface area (Å²) < 4.78 is 40.5. The van der Waals surface area contributed by atoms with E-state index in [0.717, 1.165) is 24.0 Å². The molecule has 1 heterocycles. The molecule has 98 valence electrons. The molecule has 1 aliphatic carbocycles. The SMILES string of the molecule is Cc1ccc2c(c1)C=C(C1CC1)S2(Br)C(F)(F)F. The number of hydrogen-bond acceptors (Lipinski definition) is 0. The van der Waals surface area contributed by atoms with Gasteiger partial charge in [0.25, 0.3) is 0 Å². The number of benzene rings is 1. The zero-order valence-corrected chi connectivity index (χ0v) is 12.1. The average molecular weight is 337 g/mol. The highest BCUT2D eigenvalue weighted by Gasteiger charge is 2.57. The van der Waals surface area contributed by atoms with Crippen LogP contribution in [0.3, 0.4) is 0 Å². The summed E-state index contributed by atoms with van der Waals surface area (Å²) in [5, 5.41) is 0. The highest BCUT2D eigenvalue weighted by molar-refractivity contribution is 9.59. The number of fused-ring (bicyclic) bond motifs is 1. The van der Waals surface area contributed by atoms with E-state index in [4.69, 9.17) is 0 Å². The van der Waals surface area contributed by atoms with Gasteiger partial charge in [-0.2, -0.15) is 13.2 Å². The standard InChI is InChI=1S/C13H12BrF3S/c1-8-2-5-11-10(6-8)7-12(9-3-4-9)18(11,14)13(15,16)17/h2,5-7,9H,3-4H2,1H3. The van der Waals surface area contributed by atoms with Gasteiger partial charge >= 0.3 is 5.51 Å². The molecule has 1 aromatic rings. The van der Waals surface area contributed by atoms with Crippen LogP contribution in [0.2, 0.25) is 0 Å². The van der Waals surface area contributed by atoms with Crippen LogP contribution in [0.4, 0.5) is 13.2 Å². The Morgan fingerprint density at radius 3 is 2.50 bits per heavy atom. The first-order chi connectivity index (χ1) is 8.34. The molecule has 0 spiro atoms. The molecule has 0 saturated heterocycles. The maximum Gasteiger partial charge on any atom is 0.442 e. The first kappa shape index (κ1) is 12.6. The van der Waals surface area contributed by atoms with E-state index < -0.39 is 14.0 Å². The Labute approximate surface area is 113 Å². The lowest BCUT2D eigenvalue weighted by Crippen LogP contribution is -2.16. The summed E-state index contributed by atoms with van der Waals surface area (Å²) in [6.07, 6.45) is 3.53. The topological polar surface area (TPSA) is 0 Å². The van der Waals surface area contributed by atoms with E-state index in [0.29, 0.717) is 9.80 Å². The van der Waals surface area contributed by atoms with Crippen molar-refractivity contribution in [3.05, 3.63) is 34.2 Å². The Balaban J connectivity index is 2.21. The van der Waals surface area contributed by atoms with Crippen LogP contribution in [0.15, 0.2) is 28.0 Å². The number of rotatable bonds is 1. The highest BCUT2D eigenvalue weighted by Crippen LogP contribution is 2.83. The molecule has 1 saturated carbocycles. The molecule has 0 N–H and O–H groups in total. The molecule has 5 heteroatoms. The third-order valence-corrected chi connectivity index (χ3v) is 9.38. The van der Waals surface area contributed by atoms with Crippen LogP contribution in [0, 0.1) is 12.8 Å². The normalized spacial score (nSPS) is 30.6. The third kappa shape index (κ3) is 1.67. The third-order valence-electron chi connectivity index (χ3n) is 3.39. The van der Waals surface area contributed by atoms with Crippen molar-refractivity contribution in [3.63, 3.8) is 0 Å². The molecule has 1 unspecified atom stereocenters. The fourth-order valence-corrected chi connectivity index (χ4v) is 6.78. The fourth-order valence-electron chi connectivity index (χ4n) is 2.37. The maximum absolute atomic E-state index is 13.5. The molecule has 1 aliphatic heterocycles. The van der Waals surface area contributed by atoms with Gasteiger partial charge in [0.05, 0.1) is 0 Å². The van der Waals surface area contributed by atoms with E-state index in [2.05, 4.69) is 14.8 Å². The van der Waals surface area contributed by atoms with Gasteiger partial charge in [-0.15, -0.1) is 0 Å². The lowest BCUT2D eigenvalue weighted by Gasteiger charge is -2.35. The van der Waals surface area contributed by atoms with E-state index in [1.54, 1.807) is 18.2 Å². The van der Waals surface area contributed by atoms with Crippen LogP contribution >= 0.6 is 23.3 Å². The van der Waals surface area contributed by atoms with Gasteiger partial charge in [0.2, 0.25) is 0 Å². The van der Waals surface area contributed by atoms with Crippen molar-refractivity contribution in [3.8, 4) is 0 Å². The van der Waals surface area contributed by atoms with Crippen LogP contribution in [-0.2, 0) is 0 Å².